The smallest absolute Gasteiger partial charge is 0.254 e. The summed E-state index contributed by atoms with van der Waals surface area (Å²) in [6.07, 6.45) is 4.35. The largest absolute Gasteiger partial charge is 0.381 e. The highest BCUT2D eigenvalue weighted by Crippen LogP contribution is 2.33. The molecule has 2 fully saturated rings. The molecule has 0 spiro atoms. The van der Waals surface area contributed by atoms with Gasteiger partial charge in [-0.2, -0.15) is 5.10 Å². The van der Waals surface area contributed by atoms with Crippen LogP contribution in [-0.4, -0.2) is 93.3 Å². The molecule has 0 aliphatic carbocycles. The Morgan fingerprint density at radius 1 is 0.857 bits per heavy atom. The standard InChI is InChI=1S/C45H56N8O3/c1-5-41-40(42(48-38-14-20-56-21-15-38)39-27-47-53(7-3)44(39)49-41)30-52(45(55)37-23-31(4)22-36(26-37)43(46)54)29-33-11-9-13-35(25-33)34-12-8-10-32(24-34)28-51-18-16-50(6-2)17-19-51/h8-13,22-27,38H,5-7,14-21,28-30H2,1-4H3,(H2,46,54)(H,48,49). The molecule has 3 aromatic carbocycles. The molecule has 2 aliphatic heterocycles. The number of piperazine rings is 1. The van der Waals surface area contributed by atoms with Gasteiger partial charge in [-0.1, -0.05) is 50.2 Å². The third-order valence-electron chi connectivity index (χ3n) is 11.3. The first-order valence-electron chi connectivity index (χ1n) is 20.3. The van der Waals surface area contributed by atoms with Gasteiger partial charge in [0.1, 0.15) is 0 Å². The number of likely N-dealkylation sites (N-methyl/N-ethyl adjacent to an activating group) is 1. The number of fused-ring (bicyclic) bond motifs is 1. The zero-order valence-corrected chi connectivity index (χ0v) is 33.4. The van der Waals surface area contributed by atoms with E-state index in [-0.39, 0.29) is 11.9 Å². The van der Waals surface area contributed by atoms with Gasteiger partial charge >= 0.3 is 0 Å². The molecule has 2 saturated heterocycles. The van der Waals surface area contributed by atoms with Gasteiger partial charge in [-0.25, -0.2) is 9.67 Å². The van der Waals surface area contributed by atoms with E-state index < -0.39 is 5.91 Å². The van der Waals surface area contributed by atoms with Gasteiger partial charge < -0.3 is 25.6 Å². The number of carbonyl (C=O) groups excluding carboxylic acids is 2. The molecule has 0 bridgehead atoms. The second kappa shape index (κ2) is 17.8. The average molecular weight is 757 g/mol. The molecule has 0 atom stereocenters. The molecule has 2 aromatic heterocycles. The summed E-state index contributed by atoms with van der Waals surface area (Å²) in [6, 6.07) is 22.7. The van der Waals surface area contributed by atoms with E-state index in [9.17, 15) is 9.59 Å². The molecule has 11 heteroatoms. The molecule has 5 aromatic rings. The third-order valence-corrected chi connectivity index (χ3v) is 11.3. The van der Waals surface area contributed by atoms with Crippen molar-refractivity contribution in [1.29, 1.82) is 0 Å². The number of primary amides is 1. The number of pyridine rings is 1. The zero-order chi connectivity index (χ0) is 39.2. The van der Waals surface area contributed by atoms with Crippen molar-refractivity contribution in [3.8, 4) is 11.1 Å². The van der Waals surface area contributed by atoms with Gasteiger partial charge in [-0.15, -0.1) is 0 Å². The van der Waals surface area contributed by atoms with Crippen LogP contribution in [0, 0.1) is 6.92 Å². The number of hydrogen-bond donors (Lipinski definition) is 2. The van der Waals surface area contributed by atoms with Crippen LogP contribution >= 0.6 is 0 Å². The van der Waals surface area contributed by atoms with E-state index in [0.717, 1.165) is 102 Å². The highest BCUT2D eigenvalue weighted by Gasteiger charge is 2.26. The van der Waals surface area contributed by atoms with E-state index >= 15 is 0 Å². The van der Waals surface area contributed by atoms with E-state index in [1.165, 1.54) is 5.56 Å². The summed E-state index contributed by atoms with van der Waals surface area (Å²) in [5.74, 6) is -0.749. The number of nitrogens with two attached hydrogens (primary N) is 1. The lowest BCUT2D eigenvalue weighted by atomic mass is 9.99. The van der Waals surface area contributed by atoms with Crippen LogP contribution in [0.5, 0.6) is 0 Å². The Hall–Kier alpha value is -5.10. The maximum Gasteiger partial charge on any atom is 0.254 e. The van der Waals surface area contributed by atoms with Crippen molar-refractivity contribution in [3.63, 3.8) is 0 Å². The number of nitrogens with one attached hydrogen (secondary N) is 1. The lowest BCUT2D eigenvalue weighted by Crippen LogP contribution is -2.45. The van der Waals surface area contributed by atoms with E-state index in [1.807, 2.05) is 28.8 Å². The Kier molecular flexibility index (Phi) is 12.4. The van der Waals surface area contributed by atoms with Crippen LogP contribution in [0.25, 0.3) is 22.2 Å². The van der Waals surface area contributed by atoms with Gasteiger partial charge in [0.2, 0.25) is 5.91 Å². The second-order valence-electron chi connectivity index (χ2n) is 15.2. The van der Waals surface area contributed by atoms with Gasteiger partial charge in [0, 0.05) is 87.5 Å². The first kappa shape index (κ1) is 39.1. The maximum atomic E-state index is 14.8. The second-order valence-corrected chi connectivity index (χ2v) is 15.2. The molecule has 4 heterocycles. The van der Waals surface area contributed by atoms with E-state index in [2.05, 4.69) is 84.4 Å². The quantitative estimate of drug-likeness (QED) is 0.129. The first-order chi connectivity index (χ1) is 27.2. The molecule has 294 valence electrons. The molecule has 2 amide bonds. The molecule has 56 heavy (non-hydrogen) atoms. The van der Waals surface area contributed by atoms with E-state index in [0.29, 0.717) is 50.4 Å². The molecular formula is C45H56N8O3. The molecule has 0 unspecified atom stereocenters. The van der Waals surface area contributed by atoms with E-state index in [4.69, 9.17) is 20.6 Å². The van der Waals surface area contributed by atoms with Gasteiger partial charge in [0.25, 0.3) is 5.91 Å². The molecule has 11 nitrogen and oxygen atoms in total. The number of ether oxygens (including phenoxy) is 1. The van der Waals surface area contributed by atoms with Crippen LogP contribution < -0.4 is 11.1 Å². The maximum absolute atomic E-state index is 14.8. The predicted octanol–water partition coefficient (Wildman–Crippen LogP) is 6.66. The molecule has 2 aliphatic rings. The van der Waals surface area contributed by atoms with Crippen molar-refractivity contribution in [1.82, 2.24) is 29.5 Å². The number of aromatic nitrogens is 3. The van der Waals surface area contributed by atoms with Crippen LogP contribution in [0.1, 0.15) is 82.3 Å². The summed E-state index contributed by atoms with van der Waals surface area (Å²) < 4.78 is 7.63. The minimum Gasteiger partial charge on any atom is -0.381 e. The molecule has 7 rings (SSSR count). The Balaban J connectivity index is 1.25. The van der Waals surface area contributed by atoms with Crippen molar-refractivity contribution in [2.75, 3.05) is 51.3 Å². The van der Waals surface area contributed by atoms with E-state index in [1.54, 1.807) is 12.1 Å². The Morgan fingerprint density at radius 2 is 1.54 bits per heavy atom. The van der Waals surface area contributed by atoms with Crippen LogP contribution in [0.15, 0.2) is 72.9 Å². The number of amides is 2. The highest BCUT2D eigenvalue weighted by atomic mass is 16.5. The summed E-state index contributed by atoms with van der Waals surface area (Å²) in [7, 11) is 0. The number of benzene rings is 3. The van der Waals surface area contributed by atoms with Crippen molar-refractivity contribution >= 4 is 28.5 Å². The number of carbonyl (C=O) groups is 2. The first-order valence-corrected chi connectivity index (χ1v) is 20.3. The van der Waals surface area contributed by atoms with Crippen molar-refractivity contribution in [3.05, 3.63) is 112 Å². The fourth-order valence-electron chi connectivity index (χ4n) is 8.14. The summed E-state index contributed by atoms with van der Waals surface area (Å²) in [5, 5.41) is 9.51. The molecule has 0 radical (unpaired) electrons. The van der Waals surface area contributed by atoms with Crippen molar-refractivity contribution in [2.24, 2.45) is 5.73 Å². The predicted molar refractivity (Wildman–Crippen MR) is 223 cm³/mol. The topological polar surface area (TPSA) is 122 Å². The van der Waals surface area contributed by atoms with Gasteiger partial charge in [0.05, 0.1) is 23.8 Å². The molecule has 0 saturated carbocycles. The fraction of sp³-hybridized carbons (Fsp3) is 0.422. The summed E-state index contributed by atoms with van der Waals surface area (Å²) in [4.78, 5) is 39.2. The SMILES string of the molecule is CCc1nc2c(cnn2CC)c(NC2CCOCC2)c1CN(Cc1cccc(-c2cccc(CN3CCN(CC)CC3)c2)c1)C(=O)c1cc(C)cc(C(N)=O)c1. The summed E-state index contributed by atoms with van der Waals surface area (Å²) >= 11 is 0. The van der Waals surface area contributed by atoms with Gasteiger partial charge in [0.15, 0.2) is 5.65 Å². The Morgan fingerprint density at radius 3 is 2.21 bits per heavy atom. The number of aryl methyl sites for hydroxylation is 3. The normalized spacial score (nSPS) is 15.6. The lowest BCUT2D eigenvalue weighted by Gasteiger charge is -2.34. The summed E-state index contributed by atoms with van der Waals surface area (Å²) in [5.41, 5.74) is 15.5. The lowest BCUT2D eigenvalue weighted by molar-refractivity contribution is 0.0729. The van der Waals surface area contributed by atoms with Gasteiger partial charge in [-0.05, 0) is 97.8 Å². The monoisotopic (exact) mass is 756 g/mol. The van der Waals surface area contributed by atoms with Crippen LogP contribution in [0.3, 0.4) is 0 Å². The number of anilines is 1. The third kappa shape index (κ3) is 8.96. The summed E-state index contributed by atoms with van der Waals surface area (Å²) in [6.45, 7) is 17.4. The van der Waals surface area contributed by atoms with Crippen LogP contribution in [0.4, 0.5) is 5.69 Å². The van der Waals surface area contributed by atoms with Crippen molar-refractivity contribution < 1.29 is 14.3 Å². The molecule has 3 N–H and O–H groups in total. The fourth-order valence-corrected chi connectivity index (χ4v) is 8.14. The average Bonchev–Trinajstić information content (AvgIpc) is 3.64. The minimum absolute atomic E-state index is 0.185. The number of rotatable bonds is 14. The Labute approximate surface area is 330 Å². The van der Waals surface area contributed by atoms with Crippen LogP contribution in [0.2, 0.25) is 0 Å². The van der Waals surface area contributed by atoms with Crippen molar-refractivity contribution in [2.45, 2.75) is 79.2 Å². The highest BCUT2D eigenvalue weighted by molar-refractivity contribution is 6.00. The van der Waals surface area contributed by atoms with Crippen LogP contribution in [-0.2, 0) is 37.3 Å². The molecular weight excluding hydrogens is 701 g/mol. The zero-order valence-electron chi connectivity index (χ0n) is 33.4. The minimum atomic E-state index is -0.564. The Bertz CT molecular complexity index is 2170. The number of nitrogens with zero attached hydrogens (tertiary/aromatic N) is 6. The number of hydrogen-bond acceptors (Lipinski definition) is 8. The van der Waals surface area contributed by atoms with Gasteiger partial charge in [-0.3, -0.25) is 14.5 Å².